The van der Waals surface area contributed by atoms with Crippen molar-refractivity contribution in [3.63, 3.8) is 0 Å². The number of hydrogen-bond acceptors (Lipinski definition) is 4. The molecular formula is C19H23F3N2O2S. The molecule has 1 aromatic heterocycles. The van der Waals surface area contributed by atoms with E-state index in [0.29, 0.717) is 6.54 Å². The number of amides is 1. The van der Waals surface area contributed by atoms with Gasteiger partial charge in [0, 0.05) is 17.5 Å². The molecule has 8 heteroatoms. The zero-order chi connectivity index (χ0) is 19.9. The molecule has 0 aliphatic rings. The summed E-state index contributed by atoms with van der Waals surface area (Å²) in [4.78, 5) is 15.1. The second kappa shape index (κ2) is 9.75. The zero-order valence-corrected chi connectivity index (χ0v) is 16.1. The topological polar surface area (TPSA) is 41.6 Å². The van der Waals surface area contributed by atoms with E-state index in [4.69, 9.17) is 4.74 Å². The highest BCUT2D eigenvalue weighted by Crippen LogP contribution is 2.18. The minimum atomic E-state index is -4.42. The normalized spacial score (nSPS) is 12.8. The van der Waals surface area contributed by atoms with Crippen LogP contribution >= 0.6 is 11.3 Å². The average Bonchev–Trinajstić information content (AvgIpc) is 3.12. The number of halogens is 3. The number of methoxy groups -OCH3 is 1. The molecule has 1 N–H and O–H groups in total. The van der Waals surface area contributed by atoms with Crippen molar-refractivity contribution in [2.75, 3.05) is 20.2 Å². The lowest BCUT2D eigenvalue weighted by Crippen LogP contribution is -2.44. The maximum Gasteiger partial charge on any atom is 0.405 e. The largest absolute Gasteiger partial charge is 0.497 e. The van der Waals surface area contributed by atoms with Crippen LogP contribution in [0.2, 0.25) is 0 Å². The first-order valence-electron chi connectivity index (χ1n) is 8.49. The monoisotopic (exact) mass is 400 g/mol. The lowest BCUT2D eigenvalue weighted by atomic mass is 10.1. The molecule has 1 heterocycles. The number of nitrogens with one attached hydrogen (secondary N) is 1. The Morgan fingerprint density at radius 2 is 1.96 bits per heavy atom. The standard InChI is InChI=1S/C19H23F3N2O2S/c1-14(10-17-4-3-9-27-17)24(12-18(25)23-13-19(20,21)22)11-15-5-7-16(26-2)8-6-15/h3-9,14H,10-13H2,1-2H3,(H,23,25)/t14-/m1/s1. The summed E-state index contributed by atoms with van der Waals surface area (Å²) >= 11 is 1.62. The summed E-state index contributed by atoms with van der Waals surface area (Å²) in [6.45, 7) is 1.01. The van der Waals surface area contributed by atoms with E-state index in [-0.39, 0.29) is 12.6 Å². The fraction of sp³-hybridized carbons (Fsp3) is 0.421. The maximum atomic E-state index is 12.3. The number of rotatable bonds is 9. The van der Waals surface area contributed by atoms with Crippen LogP contribution in [0.1, 0.15) is 17.4 Å². The summed E-state index contributed by atoms with van der Waals surface area (Å²) in [7, 11) is 1.58. The van der Waals surface area contributed by atoms with Crippen molar-refractivity contribution >= 4 is 17.2 Å². The minimum absolute atomic E-state index is 0.0117. The highest BCUT2D eigenvalue weighted by atomic mass is 32.1. The third-order valence-electron chi connectivity index (χ3n) is 4.08. The van der Waals surface area contributed by atoms with Gasteiger partial charge in [0.25, 0.3) is 0 Å². The van der Waals surface area contributed by atoms with E-state index < -0.39 is 18.6 Å². The van der Waals surface area contributed by atoms with Gasteiger partial charge < -0.3 is 10.1 Å². The fourth-order valence-electron chi connectivity index (χ4n) is 2.62. The molecule has 0 saturated carbocycles. The van der Waals surface area contributed by atoms with E-state index in [1.54, 1.807) is 18.4 Å². The second-order valence-electron chi connectivity index (χ2n) is 6.28. The van der Waals surface area contributed by atoms with Crippen molar-refractivity contribution < 1.29 is 22.7 Å². The summed E-state index contributed by atoms with van der Waals surface area (Å²) in [5.41, 5.74) is 0.956. The van der Waals surface area contributed by atoms with E-state index >= 15 is 0 Å². The molecule has 2 rings (SSSR count). The Bertz CT molecular complexity index is 703. The first-order valence-corrected chi connectivity index (χ1v) is 9.37. The highest BCUT2D eigenvalue weighted by molar-refractivity contribution is 7.09. The third kappa shape index (κ3) is 7.60. The molecule has 0 bridgehead atoms. The van der Waals surface area contributed by atoms with Crippen molar-refractivity contribution in [3.8, 4) is 5.75 Å². The average molecular weight is 400 g/mol. The number of carbonyl (C=O) groups excluding carboxylic acids is 1. The molecule has 4 nitrogen and oxygen atoms in total. The molecule has 1 aromatic carbocycles. The Morgan fingerprint density at radius 3 is 2.52 bits per heavy atom. The summed E-state index contributed by atoms with van der Waals surface area (Å²) in [6.07, 6.45) is -3.70. The second-order valence-corrected chi connectivity index (χ2v) is 7.31. The van der Waals surface area contributed by atoms with Crippen LogP contribution in [-0.4, -0.2) is 43.2 Å². The quantitative estimate of drug-likeness (QED) is 0.695. The van der Waals surface area contributed by atoms with Crippen LogP contribution < -0.4 is 10.1 Å². The number of hydrogen-bond donors (Lipinski definition) is 1. The van der Waals surface area contributed by atoms with Gasteiger partial charge in [0.1, 0.15) is 12.3 Å². The molecule has 0 radical (unpaired) electrons. The Morgan fingerprint density at radius 1 is 1.26 bits per heavy atom. The maximum absolute atomic E-state index is 12.3. The van der Waals surface area contributed by atoms with Crippen molar-refractivity contribution in [2.45, 2.75) is 32.1 Å². The van der Waals surface area contributed by atoms with Crippen molar-refractivity contribution in [2.24, 2.45) is 0 Å². The number of ether oxygens (including phenoxy) is 1. The predicted octanol–water partition coefficient (Wildman–Crippen LogP) is 3.87. The first kappa shape index (κ1) is 21.2. The van der Waals surface area contributed by atoms with Crippen molar-refractivity contribution in [1.29, 1.82) is 0 Å². The summed E-state index contributed by atoms with van der Waals surface area (Å²) < 4.78 is 42.2. The van der Waals surface area contributed by atoms with Crippen LogP contribution in [-0.2, 0) is 17.8 Å². The van der Waals surface area contributed by atoms with Crippen LogP contribution in [0, 0.1) is 0 Å². The van der Waals surface area contributed by atoms with Crippen LogP contribution in [0.3, 0.4) is 0 Å². The molecule has 2 aromatic rings. The van der Waals surface area contributed by atoms with E-state index in [1.807, 2.05) is 58.9 Å². The van der Waals surface area contributed by atoms with Gasteiger partial charge in [-0.05, 0) is 42.5 Å². The van der Waals surface area contributed by atoms with Crippen molar-refractivity contribution in [1.82, 2.24) is 10.2 Å². The molecule has 0 saturated heterocycles. The van der Waals surface area contributed by atoms with E-state index in [0.717, 1.165) is 22.6 Å². The van der Waals surface area contributed by atoms with Gasteiger partial charge >= 0.3 is 6.18 Å². The van der Waals surface area contributed by atoms with Gasteiger partial charge in [-0.15, -0.1) is 11.3 Å². The number of alkyl halides is 3. The Hall–Kier alpha value is -2.06. The Labute approximate surface area is 160 Å². The molecule has 1 amide bonds. The zero-order valence-electron chi connectivity index (χ0n) is 15.3. The smallest absolute Gasteiger partial charge is 0.405 e. The molecule has 0 aliphatic heterocycles. The summed E-state index contributed by atoms with van der Waals surface area (Å²) in [6, 6.07) is 11.4. The van der Waals surface area contributed by atoms with Gasteiger partial charge in [0.15, 0.2) is 0 Å². The van der Waals surface area contributed by atoms with Gasteiger partial charge in [-0.25, -0.2) is 0 Å². The van der Waals surface area contributed by atoms with Crippen molar-refractivity contribution in [3.05, 3.63) is 52.2 Å². The van der Waals surface area contributed by atoms with Gasteiger partial charge in [-0.3, -0.25) is 9.69 Å². The van der Waals surface area contributed by atoms with Crippen LogP contribution in [0.5, 0.6) is 5.75 Å². The number of nitrogens with zero attached hydrogens (tertiary/aromatic N) is 1. The van der Waals surface area contributed by atoms with Gasteiger partial charge in [-0.2, -0.15) is 13.2 Å². The van der Waals surface area contributed by atoms with E-state index in [2.05, 4.69) is 0 Å². The number of benzene rings is 1. The first-order chi connectivity index (χ1) is 12.8. The lowest BCUT2D eigenvalue weighted by molar-refractivity contribution is -0.139. The number of carbonyl (C=O) groups is 1. The lowest BCUT2D eigenvalue weighted by Gasteiger charge is -2.28. The van der Waals surface area contributed by atoms with E-state index in [9.17, 15) is 18.0 Å². The summed E-state index contributed by atoms with van der Waals surface area (Å²) in [5, 5.41) is 3.93. The van der Waals surface area contributed by atoms with Crippen LogP contribution in [0.25, 0.3) is 0 Å². The molecule has 0 fully saturated rings. The Balaban J connectivity index is 2.05. The SMILES string of the molecule is COc1ccc(CN(CC(=O)NCC(F)(F)F)[C@H](C)Cc2cccs2)cc1. The molecule has 1 atom stereocenters. The predicted molar refractivity (Wildman–Crippen MR) is 100.0 cm³/mol. The van der Waals surface area contributed by atoms with Crippen LogP contribution in [0.15, 0.2) is 41.8 Å². The minimum Gasteiger partial charge on any atom is -0.497 e. The summed E-state index contributed by atoms with van der Waals surface area (Å²) in [5.74, 6) is 0.0821. The highest BCUT2D eigenvalue weighted by Gasteiger charge is 2.28. The van der Waals surface area contributed by atoms with Gasteiger partial charge in [0.2, 0.25) is 5.91 Å². The molecule has 27 heavy (non-hydrogen) atoms. The molecule has 0 aliphatic carbocycles. The Kier molecular flexibility index (Phi) is 7.67. The van der Waals surface area contributed by atoms with E-state index in [1.165, 1.54) is 0 Å². The molecule has 0 spiro atoms. The van der Waals surface area contributed by atoms with Gasteiger partial charge in [-0.1, -0.05) is 18.2 Å². The fourth-order valence-corrected chi connectivity index (χ4v) is 3.45. The molecular weight excluding hydrogens is 377 g/mol. The number of thiophene rings is 1. The molecule has 0 unspecified atom stereocenters. The van der Waals surface area contributed by atoms with Crippen LogP contribution in [0.4, 0.5) is 13.2 Å². The van der Waals surface area contributed by atoms with Gasteiger partial charge in [0.05, 0.1) is 13.7 Å². The molecule has 148 valence electrons. The third-order valence-corrected chi connectivity index (χ3v) is 4.98.